The fourth-order valence-electron chi connectivity index (χ4n) is 2.16. The van der Waals surface area contributed by atoms with Crippen molar-refractivity contribution in [1.29, 1.82) is 0 Å². The highest BCUT2D eigenvalue weighted by atomic mass is 32.2. The number of ether oxygens (including phenoxy) is 1. The predicted octanol–water partition coefficient (Wildman–Crippen LogP) is -0.234. The average Bonchev–Trinajstić information content (AvgIpc) is 2.32. The van der Waals surface area contributed by atoms with E-state index in [9.17, 15) is 8.76 Å². The number of rotatable bonds is 3. The molecule has 0 amide bonds. The molecule has 0 bridgehead atoms. The molecule has 0 spiro atoms. The van der Waals surface area contributed by atoms with Crippen LogP contribution in [0.3, 0.4) is 0 Å². The Morgan fingerprint density at radius 1 is 1.71 bits per heavy atom. The number of nitrogens with two attached hydrogens (primary N) is 1. The molecule has 0 radical (unpaired) electrons. The molecule has 0 aromatic carbocycles. The van der Waals surface area contributed by atoms with Crippen molar-refractivity contribution in [2.45, 2.75) is 6.10 Å². The molecule has 17 heavy (non-hydrogen) atoms. The molecule has 5 nitrogen and oxygen atoms in total. The van der Waals surface area contributed by atoms with Crippen LogP contribution in [-0.2, 0) is 15.8 Å². The molecular weight excluding hydrogens is 240 g/mol. The molecule has 6 heteroatoms. The Hall–Kier alpha value is -1.11. The summed E-state index contributed by atoms with van der Waals surface area (Å²) in [6, 6.07) is 0. The van der Waals surface area contributed by atoms with Gasteiger partial charge in [0.25, 0.3) is 0 Å². The fourth-order valence-corrected chi connectivity index (χ4v) is 2.82. The van der Waals surface area contributed by atoms with Crippen molar-refractivity contribution in [1.82, 2.24) is 5.32 Å². The minimum atomic E-state index is -2.14. The van der Waals surface area contributed by atoms with Crippen LogP contribution in [0.2, 0.25) is 0 Å². The molecule has 94 valence electrons. The molecule has 0 aromatic rings. The Kier molecular flexibility index (Phi) is 3.66. The van der Waals surface area contributed by atoms with Gasteiger partial charge in [-0.1, -0.05) is 23.2 Å². The smallest absolute Gasteiger partial charge is 0.0853 e. The summed E-state index contributed by atoms with van der Waals surface area (Å²) in [6.45, 7) is 0.707. The first kappa shape index (κ1) is 12.3. The van der Waals surface area contributed by atoms with E-state index in [1.54, 1.807) is 7.11 Å². The van der Waals surface area contributed by atoms with E-state index in [-0.39, 0.29) is 17.8 Å². The highest BCUT2D eigenvalue weighted by molar-refractivity contribution is 7.79. The summed E-state index contributed by atoms with van der Waals surface area (Å²) >= 11 is -2.14. The third kappa shape index (κ3) is 2.43. The fraction of sp³-hybridized carbons (Fsp3) is 0.455. The van der Waals surface area contributed by atoms with Gasteiger partial charge in [-0.3, -0.25) is 4.21 Å². The van der Waals surface area contributed by atoms with E-state index in [1.807, 2.05) is 18.2 Å². The zero-order valence-electron chi connectivity index (χ0n) is 9.51. The van der Waals surface area contributed by atoms with Crippen LogP contribution in [0.25, 0.3) is 0 Å². The molecule has 0 fully saturated rings. The predicted molar refractivity (Wildman–Crippen MR) is 64.5 cm³/mol. The number of hydrogen-bond donors (Lipinski definition) is 2. The van der Waals surface area contributed by atoms with Gasteiger partial charge in [0.2, 0.25) is 0 Å². The Labute approximate surface area is 103 Å². The van der Waals surface area contributed by atoms with Crippen molar-refractivity contribution in [3.05, 3.63) is 35.2 Å². The molecular formula is C11H15N2O3S-. The van der Waals surface area contributed by atoms with E-state index in [1.165, 1.54) is 0 Å². The maximum Gasteiger partial charge on any atom is 0.0853 e. The Morgan fingerprint density at radius 2 is 2.47 bits per heavy atom. The normalized spacial score (nSPS) is 29.4. The lowest BCUT2D eigenvalue weighted by molar-refractivity contribution is 0.106. The van der Waals surface area contributed by atoms with Gasteiger partial charge in [0.15, 0.2) is 0 Å². The maximum absolute atomic E-state index is 10.8. The molecule has 3 N–H and O–H groups in total. The summed E-state index contributed by atoms with van der Waals surface area (Å²) in [5.74, 6) is -0.348. The second kappa shape index (κ2) is 5.03. The summed E-state index contributed by atoms with van der Waals surface area (Å²) in [5, 5.41) is 3.16. The first-order chi connectivity index (χ1) is 8.13. The Balaban J connectivity index is 2.35. The highest BCUT2D eigenvalue weighted by Gasteiger charge is 2.30. The van der Waals surface area contributed by atoms with Gasteiger partial charge in [-0.25, -0.2) is 0 Å². The molecule has 1 aliphatic heterocycles. The van der Waals surface area contributed by atoms with Crippen LogP contribution in [-0.4, -0.2) is 34.3 Å². The molecule has 0 aromatic heterocycles. The quantitative estimate of drug-likeness (QED) is 0.680. The summed E-state index contributed by atoms with van der Waals surface area (Å²) in [6.07, 6.45) is 5.57. The summed E-state index contributed by atoms with van der Waals surface area (Å²) in [5.41, 5.74) is 8.39. The van der Waals surface area contributed by atoms with Crippen LogP contribution in [0.5, 0.6) is 0 Å². The lowest BCUT2D eigenvalue weighted by Crippen LogP contribution is -2.38. The summed E-state index contributed by atoms with van der Waals surface area (Å²) in [4.78, 5) is 0. The molecule has 0 saturated heterocycles. The van der Waals surface area contributed by atoms with Crippen LogP contribution in [0.4, 0.5) is 0 Å². The molecule has 2 aliphatic rings. The third-order valence-corrected chi connectivity index (χ3v) is 3.63. The van der Waals surface area contributed by atoms with Crippen LogP contribution < -0.4 is 11.1 Å². The zero-order valence-corrected chi connectivity index (χ0v) is 10.3. The first-order valence-corrected chi connectivity index (χ1v) is 6.58. The molecule has 2 rings (SSSR count). The standard InChI is InChI=1S/C11H16N2O3S/c1-16-9-5-7-3-2-4-13-11(7)10(12)8(9)6-17(14)15/h2-3,5,8-9,13H,4,6,12H2,1H3,(H,14,15)/p-1. The molecule has 1 heterocycles. The van der Waals surface area contributed by atoms with E-state index in [0.717, 1.165) is 11.3 Å². The van der Waals surface area contributed by atoms with Crippen LogP contribution in [0.1, 0.15) is 0 Å². The zero-order chi connectivity index (χ0) is 12.4. The summed E-state index contributed by atoms with van der Waals surface area (Å²) < 4.78 is 27.0. The number of nitrogens with one attached hydrogen (secondary N) is 1. The van der Waals surface area contributed by atoms with Gasteiger partial charge in [-0.2, -0.15) is 0 Å². The molecule has 0 saturated carbocycles. The highest BCUT2D eigenvalue weighted by Crippen LogP contribution is 2.30. The molecule has 3 unspecified atom stereocenters. The van der Waals surface area contributed by atoms with Gasteiger partial charge in [-0.05, 0) is 11.6 Å². The van der Waals surface area contributed by atoms with Gasteiger partial charge >= 0.3 is 0 Å². The first-order valence-electron chi connectivity index (χ1n) is 5.34. The van der Waals surface area contributed by atoms with E-state index >= 15 is 0 Å². The van der Waals surface area contributed by atoms with Gasteiger partial charge in [0.1, 0.15) is 0 Å². The Bertz CT molecular complexity index is 428. The van der Waals surface area contributed by atoms with Crippen molar-refractivity contribution in [2.75, 3.05) is 19.4 Å². The van der Waals surface area contributed by atoms with E-state index in [4.69, 9.17) is 10.5 Å². The third-order valence-electron chi connectivity index (χ3n) is 3.00. The summed E-state index contributed by atoms with van der Waals surface area (Å²) in [7, 11) is 1.56. The largest absolute Gasteiger partial charge is 0.772 e. The molecule has 3 atom stereocenters. The molecule has 1 aliphatic carbocycles. The lowest BCUT2D eigenvalue weighted by atomic mass is 9.88. The van der Waals surface area contributed by atoms with Crippen molar-refractivity contribution in [3.63, 3.8) is 0 Å². The van der Waals surface area contributed by atoms with Crippen LogP contribution >= 0.6 is 0 Å². The monoisotopic (exact) mass is 255 g/mol. The van der Waals surface area contributed by atoms with Crippen LogP contribution in [0, 0.1) is 5.92 Å². The van der Waals surface area contributed by atoms with Crippen molar-refractivity contribution in [2.24, 2.45) is 11.7 Å². The minimum Gasteiger partial charge on any atom is -0.772 e. The van der Waals surface area contributed by atoms with Gasteiger partial charge < -0.3 is 20.3 Å². The van der Waals surface area contributed by atoms with E-state index in [2.05, 4.69) is 5.32 Å². The topological polar surface area (TPSA) is 87.4 Å². The van der Waals surface area contributed by atoms with Gasteiger partial charge in [0, 0.05) is 31.0 Å². The average molecular weight is 255 g/mol. The van der Waals surface area contributed by atoms with Crippen LogP contribution in [0.15, 0.2) is 35.2 Å². The minimum absolute atomic E-state index is 0.0248. The number of allylic oxidation sites excluding steroid dienone is 1. The van der Waals surface area contributed by atoms with Gasteiger partial charge in [-0.15, -0.1) is 0 Å². The lowest BCUT2D eigenvalue weighted by Gasteiger charge is -2.33. The second-order valence-electron chi connectivity index (χ2n) is 4.01. The van der Waals surface area contributed by atoms with E-state index < -0.39 is 11.1 Å². The van der Waals surface area contributed by atoms with Crippen molar-refractivity contribution in [3.8, 4) is 0 Å². The van der Waals surface area contributed by atoms with Crippen molar-refractivity contribution < 1.29 is 13.5 Å². The van der Waals surface area contributed by atoms with Gasteiger partial charge in [0.05, 0.1) is 11.8 Å². The van der Waals surface area contributed by atoms with E-state index in [0.29, 0.717) is 12.2 Å². The maximum atomic E-state index is 10.8. The SMILES string of the molecule is COC1C=C2C=CCNC2=C(N)C1CS(=O)[O-]. The van der Waals surface area contributed by atoms with Crippen molar-refractivity contribution >= 4 is 11.1 Å². The number of fused-ring (bicyclic) bond motifs is 1. The second-order valence-corrected chi connectivity index (χ2v) is 4.95. The number of methoxy groups -OCH3 is 1. The Morgan fingerprint density at radius 3 is 3.12 bits per heavy atom. The number of hydrogen-bond acceptors (Lipinski definition) is 5.